The van der Waals surface area contributed by atoms with Crippen molar-refractivity contribution in [1.82, 2.24) is 20.2 Å². The fraction of sp³-hybridized carbons (Fsp3) is 0.381. The van der Waals surface area contributed by atoms with Crippen molar-refractivity contribution in [3.63, 3.8) is 0 Å². The van der Waals surface area contributed by atoms with E-state index < -0.39 is 0 Å². The molecule has 1 aliphatic rings. The zero-order valence-corrected chi connectivity index (χ0v) is 15.6. The highest BCUT2D eigenvalue weighted by Gasteiger charge is 2.33. The van der Waals surface area contributed by atoms with E-state index in [4.69, 9.17) is 0 Å². The van der Waals surface area contributed by atoms with Gasteiger partial charge in [0.25, 0.3) is 0 Å². The molecule has 6 heteroatoms. The van der Waals surface area contributed by atoms with Crippen LogP contribution in [-0.2, 0) is 6.54 Å². The number of hydrogen-bond acceptors (Lipinski definition) is 3. The fourth-order valence-electron chi connectivity index (χ4n) is 3.93. The molecule has 27 heavy (non-hydrogen) atoms. The van der Waals surface area contributed by atoms with Crippen LogP contribution in [0.5, 0.6) is 0 Å². The number of likely N-dealkylation sites (tertiary alicyclic amines) is 1. The van der Waals surface area contributed by atoms with Crippen LogP contribution in [0.15, 0.2) is 54.6 Å². The van der Waals surface area contributed by atoms with E-state index in [1.165, 1.54) is 35.4 Å². The van der Waals surface area contributed by atoms with Gasteiger partial charge in [0.05, 0.1) is 19.6 Å². The van der Waals surface area contributed by atoms with Gasteiger partial charge in [0, 0.05) is 5.56 Å². The van der Waals surface area contributed by atoms with Gasteiger partial charge >= 0.3 is 0 Å². The number of nitrogens with zero attached hydrogens (tertiary/aromatic N) is 4. The van der Waals surface area contributed by atoms with Crippen LogP contribution in [0.1, 0.15) is 42.8 Å². The Labute approximate surface area is 158 Å². The van der Waals surface area contributed by atoms with E-state index in [2.05, 4.69) is 46.7 Å². The van der Waals surface area contributed by atoms with E-state index in [-0.39, 0.29) is 11.9 Å². The smallest absolute Gasteiger partial charge is 0.214 e. The summed E-state index contributed by atoms with van der Waals surface area (Å²) in [6.45, 7) is 5.09. The van der Waals surface area contributed by atoms with E-state index in [1.807, 2.05) is 10.7 Å². The average molecular weight is 366 g/mol. The van der Waals surface area contributed by atoms with Crippen molar-refractivity contribution in [2.24, 2.45) is 5.92 Å². The number of rotatable bonds is 5. The van der Waals surface area contributed by atoms with Crippen LogP contribution in [0, 0.1) is 11.7 Å². The molecule has 0 aliphatic carbocycles. The van der Waals surface area contributed by atoms with Crippen molar-refractivity contribution in [2.75, 3.05) is 13.1 Å². The summed E-state index contributed by atoms with van der Waals surface area (Å²) in [5, 5.41) is 12.6. The Morgan fingerprint density at radius 2 is 1.78 bits per heavy atom. The first kappa shape index (κ1) is 17.8. The summed E-state index contributed by atoms with van der Waals surface area (Å²) in [6, 6.07) is 17.1. The van der Waals surface area contributed by atoms with Gasteiger partial charge in [-0.05, 0) is 46.9 Å². The number of benzene rings is 2. The highest BCUT2D eigenvalue weighted by molar-refractivity contribution is 5.23. The maximum absolute atomic E-state index is 13.2. The fourth-order valence-corrected chi connectivity index (χ4v) is 3.93. The molecule has 0 unspecified atom stereocenters. The lowest BCUT2D eigenvalue weighted by Crippen LogP contribution is -3.13. The number of hydrogen-bond donors (Lipinski definition) is 1. The minimum Gasteiger partial charge on any atom is -0.322 e. The molecule has 1 aromatic heterocycles. The van der Waals surface area contributed by atoms with Crippen LogP contribution < -0.4 is 4.90 Å². The van der Waals surface area contributed by atoms with Gasteiger partial charge in [0.15, 0.2) is 6.04 Å². The van der Waals surface area contributed by atoms with Crippen molar-refractivity contribution in [2.45, 2.75) is 32.4 Å². The third-order valence-electron chi connectivity index (χ3n) is 5.52. The molecular weight excluding hydrogens is 341 g/mol. The Hall–Kier alpha value is -2.60. The van der Waals surface area contributed by atoms with Crippen LogP contribution in [0.3, 0.4) is 0 Å². The van der Waals surface area contributed by atoms with Crippen LogP contribution in [0.4, 0.5) is 4.39 Å². The Balaban J connectivity index is 1.66. The van der Waals surface area contributed by atoms with E-state index in [1.54, 1.807) is 12.1 Å². The summed E-state index contributed by atoms with van der Waals surface area (Å²) in [7, 11) is 0. The quantitative estimate of drug-likeness (QED) is 0.754. The Morgan fingerprint density at radius 1 is 1.07 bits per heavy atom. The SMILES string of the molecule is CC1CC[NH+]([C@H](c2ccccc2)c2nnnn2Cc2ccc(F)cc2)CC1. The van der Waals surface area contributed by atoms with Crippen molar-refractivity contribution >= 4 is 0 Å². The largest absolute Gasteiger partial charge is 0.322 e. The summed E-state index contributed by atoms with van der Waals surface area (Å²) in [4.78, 5) is 1.51. The molecule has 1 saturated heterocycles. The third kappa shape index (κ3) is 4.06. The first-order valence-corrected chi connectivity index (χ1v) is 9.61. The first-order chi connectivity index (χ1) is 13.2. The predicted molar refractivity (Wildman–Crippen MR) is 101 cm³/mol. The normalized spacial score (nSPS) is 21.1. The van der Waals surface area contributed by atoms with E-state index in [9.17, 15) is 4.39 Å². The lowest BCUT2D eigenvalue weighted by atomic mass is 9.95. The van der Waals surface area contributed by atoms with Gasteiger partial charge in [-0.2, -0.15) is 0 Å². The molecule has 1 atom stereocenters. The first-order valence-electron chi connectivity index (χ1n) is 9.61. The molecule has 0 radical (unpaired) electrons. The number of aromatic nitrogens is 4. The molecule has 0 bridgehead atoms. The second kappa shape index (κ2) is 7.96. The standard InChI is InChI=1S/C21H24FN5/c1-16-11-13-26(14-12-16)20(18-5-3-2-4-6-18)21-23-24-25-27(21)15-17-7-9-19(22)10-8-17/h2-10,16,20H,11-15H2,1H3/p+1/t20-/m1/s1. The van der Waals surface area contributed by atoms with Crippen LogP contribution in [0.2, 0.25) is 0 Å². The molecule has 3 aromatic rings. The van der Waals surface area contributed by atoms with E-state index >= 15 is 0 Å². The average Bonchev–Trinajstić information content (AvgIpc) is 3.14. The summed E-state index contributed by atoms with van der Waals surface area (Å²) in [6.07, 6.45) is 2.44. The lowest BCUT2D eigenvalue weighted by molar-refractivity contribution is -0.932. The minimum absolute atomic E-state index is 0.106. The number of piperidine rings is 1. The highest BCUT2D eigenvalue weighted by Crippen LogP contribution is 2.20. The number of nitrogens with one attached hydrogen (secondary N) is 1. The van der Waals surface area contributed by atoms with Crippen LogP contribution >= 0.6 is 0 Å². The molecule has 2 heterocycles. The lowest BCUT2D eigenvalue weighted by Gasteiger charge is -2.33. The maximum Gasteiger partial charge on any atom is 0.214 e. The zero-order chi connectivity index (χ0) is 18.6. The van der Waals surface area contributed by atoms with Crippen LogP contribution in [0.25, 0.3) is 0 Å². The van der Waals surface area contributed by atoms with Crippen molar-refractivity contribution in [3.8, 4) is 0 Å². The Bertz CT molecular complexity index is 854. The number of quaternary nitrogens is 1. The topological polar surface area (TPSA) is 48.0 Å². The molecular formula is C21H25FN5+. The molecule has 0 saturated carbocycles. The Morgan fingerprint density at radius 3 is 2.48 bits per heavy atom. The van der Waals surface area contributed by atoms with Gasteiger partial charge in [-0.1, -0.05) is 49.4 Å². The zero-order valence-electron chi connectivity index (χ0n) is 15.6. The van der Waals surface area contributed by atoms with Gasteiger partial charge in [-0.25, -0.2) is 9.07 Å². The van der Waals surface area contributed by atoms with Crippen molar-refractivity contribution in [3.05, 3.63) is 77.4 Å². The van der Waals surface area contributed by atoms with E-state index in [0.29, 0.717) is 6.54 Å². The molecule has 4 rings (SSSR count). The van der Waals surface area contributed by atoms with Crippen LogP contribution in [-0.4, -0.2) is 33.3 Å². The molecule has 5 nitrogen and oxygen atoms in total. The molecule has 140 valence electrons. The molecule has 1 aliphatic heterocycles. The molecule has 1 N–H and O–H groups in total. The molecule has 0 spiro atoms. The van der Waals surface area contributed by atoms with Crippen molar-refractivity contribution in [1.29, 1.82) is 0 Å². The van der Waals surface area contributed by atoms with Gasteiger partial charge in [0.1, 0.15) is 5.82 Å². The number of tetrazole rings is 1. The Kier molecular flexibility index (Phi) is 5.25. The molecule has 0 amide bonds. The van der Waals surface area contributed by atoms with Gasteiger partial charge in [-0.3, -0.25) is 0 Å². The number of halogens is 1. The summed E-state index contributed by atoms with van der Waals surface area (Å²) >= 11 is 0. The minimum atomic E-state index is -0.232. The summed E-state index contributed by atoms with van der Waals surface area (Å²) in [5.41, 5.74) is 2.22. The monoisotopic (exact) mass is 366 g/mol. The predicted octanol–water partition coefficient (Wildman–Crippen LogP) is 2.26. The molecule has 2 aromatic carbocycles. The maximum atomic E-state index is 13.2. The highest BCUT2D eigenvalue weighted by atomic mass is 19.1. The van der Waals surface area contributed by atoms with Gasteiger partial charge in [-0.15, -0.1) is 5.10 Å². The second-order valence-corrected chi connectivity index (χ2v) is 7.51. The van der Waals surface area contributed by atoms with E-state index in [0.717, 1.165) is 30.4 Å². The third-order valence-corrected chi connectivity index (χ3v) is 5.52. The summed E-state index contributed by atoms with van der Waals surface area (Å²) < 4.78 is 15.1. The second-order valence-electron chi connectivity index (χ2n) is 7.51. The van der Waals surface area contributed by atoms with Gasteiger partial charge in [0.2, 0.25) is 5.82 Å². The molecule has 1 fully saturated rings. The summed E-state index contributed by atoms with van der Waals surface area (Å²) in [5.74, 6) is 1.42. The van der Waals surface area contributed by atoms with Crippen molar-refractivity contribution < 1.29 is 9.29 Å². The van der Waals surface area contributed by atoms with Gasteiger partial charge < -0.3 is 4.90 Å².